The summed E-state index contributed by atoms with van der Waals surface area (Å²) in [6.45, 7) is 3.54. The molecule has 2 aliphatic heterocycles. The minimum absolute atomic E-state index is 0.0607. The third-order valence-corrected chi connectivity index (χ3v) is 4.17. The predicted octanol–water partition coefficient (Wildman–Crippen LogP) is 1.87. The Hall–Kier alpha value is -1.62. The Morgan fingerprint density at radius 2 is 2.19 bits per heavy atom. The van der Waals surface area contributed by atoms with E-state index in [-0.39, 0.29) is 12.0 Å². The minimum Gasteiger partial charge on any atom is -0.378 e. The van der Waals surface area contributed by atoms with Crippen molar-refractivity contribution in [1.82, 2.24) is 10.3 Å². The van der Waals surface area contributed by atoms with Gasteiger partial charge in [0.25, 0.3) is 0 Å². The van der Waals surface area contributed by atoms with E-state index in [1.165, 1.54) is 12.8 Å². The largest absolute Gasteiger partial charge is 0.378 e. The molecule has 0 aliphatic carbocycles. The van der Waals surface area contributed by atoms with Crippen LogP contribution in [0.2, 0.25) is 0 Å². The molecule has 1 amide bonds. The molecule has 1 aromatic heterocycles. The van der Waals surface area contributed by atoms with Crippen molar-refractivity contribution < 1.29 is 9.53 Å². The smallest absolute Gasteiger partial charge is 0.222 e. The summed E-state index contributed by atoms with van der Waals surface area (Å²) in [5.74, 6) is 1.10. The molecule has 2 aliphatic rings. The highest BCUT2D eigenvalue weighted by Gasteiger charge is 2.18. The number of rotatable bonds is 5. The van der Waals surface area contributed by atoms with Crippen molar-refractivity contribution in [3.05, 3.63) is 23.9 Å². The first-order chi connectivity index (χ1) is 10.3. The Labute approximate surface area is 125 Å². The van der Waals surface area contributed by atoms with Crippen LogP contribution in [0.15, 0.2) is 18.3 Å². The molecule has 0 saturated carbocycles. The van der Waals surface area contributed by atoms with Crippen molar-refractivity contribution in [2.24, 2.45) is 0 Å². The summed E-state index contributed by atoms with van der Waals surface area (Å²) < 4.78 is 5.47. The van der Waals surface area contributed by atoms with Gasteiger partial charge in [-0.05, 0) is 37.3 Å². The Morgan fingerprint density at radius 3 is 2.86 bits per heavy atom. The first kappa shape index (κ1) is 14.3. The van der Waals surface area contributed by atoms with Crippen LogP contribution in [0.1, 0.15) is 37.7 Å². The van der Waals surface area contributed by atoms with Gasteiger partial charge in [0.2, 0.25) is 5.91 Å². The number of aromatic nitrogens is 1. The van der Waals surface area contributed by atoms with Crippen molar-refractivity contribution in [2.45, 2.75) is 44.8 Å². The van der Waals surface area contributed by atoms with Gasteiger partial charge in [0.15, 0.2) is 0 Å². The lowest BCUT2D eigenvalue weighted by molar-refractivity contribution is -0.123. The highest BCUT2D eigenvalue weighted by molar-refractivity contribution is 5.76. The second-order valence-electron chi connectivity index (χ2n) is 5.83. The van der Waals surface area contributed by atoms with E-state index in [4.69, 9.17) is 4.74 Å². The van der Waals surface area contributed by atoms with E-state index in [2.05, 4.69) is 15.2 Å². The van der Waals surface area contributed by atoms with Crippen LogP contribution < -0.4 is 10.2 Å². The third kappa shape index (κ3) is 3.94. The molecule has 0 aromatic carbocycles. The van der Waals surface area contributed by atoms with Crippen LogP contribution in [0.4, 0.5) is 5.82 Å². The van der Waals surface area contributed by atoms with Gasteiger partial charge in [-0.2, -0.15) is 0 Å². The molecule has 5 nitrogen and oxygen atoms in total. The van der Waals surface area contributed by atoms with Crippen molar-refractivity contribution in [2.75, 3.05) is 24.6 Å². The summed E-state index contributed by atoms with van der Waals surface area (Å²) in [5.41, 5.74) is 1.04. The number of nitrogens with one attached hydrogen (secondary N) is 1. The first-order valence-corrected chi connectivity index (χ1v) is 7.89. The summed E-state index contributed by atoms with van der Waals surface area (Å²) in [6.07, 6.45) is 7.02. The fourth-order valence-corrected chi connectivity index (χ4v) is 2.94. The second kappa shape index (κ2) is 6.89. The number of carbonyl (C=O) groups is 1. The molecule has 0 bridgehead atoms. The second-order valence-corrected chi connectivity index (χ2v) is 5.83. The van der Waals surface area contributed by atoms with Crippen molar-refractivity contribution in [3.63, 3.8) is 0 Å². The SMILES string of the molecule is O=C(C[C@@H]1CCCO1)NCc1ccc(N2CCCC2)nc1. The van der Waals surface area contributed by atoms with Gasteiger partial charge in [-0.25, -0.2) is 4.98 Å². The molecule has 0 spiro atoms. The van der Waals surface area contributed by atoms with Crippen LogP contribution in [-0.2, 0) is 16.1 Å². The van der Waals surface area contributed by atoms with Gasteiger partial charge in [-0.15, -0.1) is 0 Å². The predicted molar refractivity (Wildman–Crippen MR) is 81.1 cm³/mol. The van der Waals surface area contributed by atoms with E-state index < -0.39 is 0 Å². The monoisotopic (exact) mass is 289 g/mol. The maximum atomic E-state index is 11.8. The van der Waals surface area contributed by atoms with Crippen molar-refractivity contribution in [1.29, 1.82) is 0 Å². The molecule has 114 valence electrons. The number of ether oxygens (including phenoxy) is 1. The Balaban J connectivity index is 1.45. The maximum absolute atomic E-state index is 11.8. The van der Waals surface area contributed by atoms with Gasteiger partial charge >= 0.3 is 0 Å². The number of hydrogen-bond donors (Lipinski definition) is 1. The standard InChI is InChI=1S/C16H23N3O2/c20-16(10-14-4-3-9-21-14)18-12-13-5-6-15(17-11-13)19-7-1-2-8-19/h5-6,11,14H,1-4,7-10,12H2,(H,18,20)/t14-/m0/s1. The molecule has 5 heteroatoms. The summed E-state index contributed by atoms with van der Waals surface area (Å²) in [5, 5.41) is 2.94. The fourth-order valence-electron chi connectivity index (χ4n) is 2.94. The Morgan fingerprint density at radius 1 is 1.33 bits per heavy atom. The van der Waals surface area contributed by atoms with Crippen LogP contribution in [-0.4, -0.2) is 36.7 Å². The highest BCUT2D eigenvalue weighted by Crippen LogP contribution is 2.18. The number of carbonyl (C=O) groups excluding carboxylic acids is 1. The summed E-state index contributed by atoms with van der Waals surface area (Å²) >= 11 is 0. The number of anilines is 1. The molecule has 2 fully saturated rings. The van der Waals surface area contributed by atoms with E-state index in [0.717, 1.165) is 43.9 Å². The van der Waals surface area contributed by atoms with E-state index >= 15 is 0 Å². The normalized spacial score (nSPS) is 21.7. The Kier molecular flexibility index (Phi) is 4.70. The number of hydrogen-bond acceptors (Lipinski definition) is 4. The molecule has 1 aromatic rings. The van der Waals surface area contributed by atoms with Crippen LogP contribution >= 0.6 is 0 Å². The molecule has 3 heterocycles. The molecule has 21 heavy (non-hydrogen) atoms. The number of nitrogens with zero attached hydrogens (tertiary/aromatic N) is 2. The summed E-state index contributed by atoms with van der Waals surface area (Å²) in [7, 11) is 0. The lowest BCUT2D eigenvalue weighted by atomic mass is 10.2. The van der Waals surface area contributed by atoms with Gasteiger partial charge in [0.05, 0.1) is 12.5 Å². The summed E-state index contributed by atoms with van der Waals surface area (Å²) in [6, 6.07) is 4.10. The molecular formula is C16H23N3O2. The molecule has 0 unspecified atom stereocenters. The van der Waals surface area contributed by atoms with Gasteiger partial charge in [-0.3, -0.25) is 4.79 Å². The highest BCUT2D eigenvalue weighted by atomic mass is 16.5. The average molecular weight is 289 g/mol. The van der Waals surface area contributed by atoms with Gasteiger partial charge in [0.1, 0.15) is 5.82 Å². The first-order valence-electron chi connectivity index (χ1n) is 7.89. The number of pyridine rings is 1. The number of amides is 1. The molecule has 1 atom stereocenters. The molecule has 2 saturated heterocycles. The third-order valence-electron chi connectivity index (χ3n) is 4.17. The summed E-state index contributed by atoms with van der Waals surface area (Å²) in [4.78, 5) is 18.6. The van der Waals surface area contributed by atoms with E-state index in [0.29, 0.717) is 13.0 Å². The van der Waals surface area contributed by atoms with Gasteiger partial charge < -0.3 is 15.0 Å². The quantitative estimate of drug-likeness (QED) is 0.899. The van der Waals surface area contributed by atoms with Crippen LogP contribution in [0, 0.1) is 0 Å². The average Bonchev–Trinajstić information content (AvgIpc) is 3.19. The zero-order valence-corrected chi connectivity index (χ0v) is 12.4. The van der Waals surface area contributed by atoms with Crippen LogP contribution in [0.25, 0.3) is 0 Å². The van der Waals surface area contributed by atoms with Gasteiger partial charge in [-0.1, -0.05) is 6.07 Å². The lowest BCUT2D eigenvalue weighted by Crippen LogP contribution is -2.27. The molecule has 3 rings (SSSR count). The van der Waals surface area contributed by atoms with Crippen molar-refractivity contribution in [3.8, 4) is 0 Å². The molecule has 1 N–H and O–H groups in total. The van der Waals surface area contributed by atoms with Crippen LogP contribution in [0.3, 0.4) is 0 Å². The zero-order chi connectivity index (χ0) is 14.5. The fraction of sp³-hybridized carbons (Fsp3) is 0.625. The van der Waals surface area contributed by atoms with E-state index in [1.807, 2.05) is 18.3 Å². The molecular weight excluding hydrogens is 266 g/mol. The lowest BCUT2D eigenvalue weighted by Gasteiger charge is -2.16. The zero-order valence-electron chi connectivity index (χ0n) is 12.4. The van der Waals surface area contributed by atoms with E-state index in [1.54, 1.807) is 0 Å². The van der Waals surface area contributed by atoms with Crippen molar-refractivity contribution >= 4 is 11.7 Å². The molecule has 0 radical (unpaired) electrons. The Bertz CT molecular complexity index is 463. The van der Waals surface area contributed by atoms with E-state index in [9.17, 15) is 4.79 Å². The van der Waals surface area contributed by atoms with Gasteiger partial charge in [0, 0.05) is 32.4 Å². The minimum atomic E-state index is 0.0607. The maximum Gasteiger partial charge on any atom is 0.222 e. The topological polar surface area (TPSA) is 54.5 Å². The van der Waals surface area contributed by atoms with Crippen LogP contribution in [0.5, 0.6) is 0 Å².